The molecule has 0 saturated carbocycles. The summed E-state index contributed by atoms with van der Waals surface area (Å²) >= 11 is 1.73. The zero-order valence-electron chi connectivity index (χ0n) is 17.7. The minimum absolute atomic E-state index is 0. The molecule has 0 atom stereocenters. The summed E-state index contributed by atoms with van der Waals surface area (Å²) in [5.41, 5.74) is 7.89. The molecule has 2 rings (SSSR count). The van der Waals surface area contributed by atoms with Gasteiger partial charge in [0.25, 0.3) is 0 Å². The van der Waals surface area contributed by atoms with E-state index in [0.717, 1.165) is 22.0 Å². The van der Waals surface area contributed by atoms with Crippen molar-refractivity contribution in [3.63, 3.8) is 0 Å². The molecular weight excluding hydrogens is 499 g/mol. The van der Waals surface area contributed by atoms with Crippen molar-refractivity contribution in [3.05, 3.63) is 42.1 Å². The number of hydrogen-bond acceptors (Lipinski definition) is 5. The maximum absolute atomic E-state index is 6.10. The molecule has 0 aliphatic carbocycles. The Hall–Kier alpha value is -1.68. The van der Waals surface area contributed by atoms with Crippen molar-refractivity contribution in [2.45, 2.75) is 50.9 Å². The first kappa shape index (κ1) is 25.4. The third-order valence-electron chi connectivity index (χ3n) is 3.47. The lowest BCUT2D eigenvalue weighted by atomic mass is 10.2. The molecule has 0 unspecified atom stereocenters. The Labute approximate surface area is 195 Å². The van der Waals surface area contributed by atoms with Gasteiger partial charge in [0, 0.05) is 17.0 Å². The number of nitrogens with zero attached hydrogens (tertiary/aromatic N) is 2. The van der Waals surface area contributed by atoms with E-state index >= 15 is 0 Å². The summed E-state index contributed by atoms with van der Waals surface area (Å²) in [4.78, 5) is 8.87. The number of ether oxygens (including phenoxy) is 2. The fourth-order valence-corrected chi connectivity index (χ4v) is 3.37. The second kappa shape index (κ2) is 12.1. The molecule has 6 nitrogen and oxygen atoms in total. The van der Waals surface area contributed by atoms with Gasteiger partial charge in [-0.2, -0.15) is 0 Å². The van der Waals surface area contributed by atoms with Gasteiger partial charge in [-0.3, -0.25) is 0 Å². The van der Waals surface area contributed by atoms with Gasteiger partial charge in [0.2, 0.25) is 0 Å². The molecule has 1 aromatic carbocycles. The first-order chi connectivity index (χ1) is 13.3. The van der Waals surface area contributed by atoms with Crippen molar-refractivity contribution in [1.82, 2.24) is 4.98 Å². The fraction of sp³-hybridized carbons (Fsp3) is 0.429. The van der Waals surface area contributed by atoms with E-state index in [4.69, 9.17) is 15.2 Å². The van der Waals surface area contributed by atoms with Crippen LogP contribution in [0.25, 0.3) is 0 Å². The predicted octanol–water partition coefficient (Wildman–Crippen LogP) is 5.31. The maximum atomic E-state index is 6.10. The normalized spacial score (nSPS) is 11.6. The highest BCUT2D eigenvalue weighted by Crippen LogP contribution is 2.31. The lowest BCUT2D eigenvalue weighted by Gasteiger charge is -2.16. The fourth-order valence-electron chi connectivity index (χ4n) is 2.42. The highest BCUT2D eigenvalue weighted by Gasteiger charge is 2.13. The maximum Gasteiger partial charge on any atom is 0.193 e. The van der Waals surface area contributed by atoms with Crippen molar-refractivity contribution in [2.24, 2.45) is 10.7 Å². The number of aromatic nitrogens is 1. The molecule has 0 spiro atoms. The number of anilines is 1. The van der Waals surface area contributed by atoms with Crippen LogP contribution in [0.4, 0.5) is 5.69 Å². The van der Waals surface area contributed by atoms with Crippen LogP contribution in [0.5, 0.6) is 11.5 Å². The average Bonchev–Trinajstić information content (AvgIpc) is 2.61. The van der Waals surface area contributed by atoms with Crippen molar-refractivity contribution in [2.75, 3.05) is 18.5 Å². The third-order valence-corrected chi connectivity index (χ3v) is 4.51. The zero-order valence-corrected chi connectivity index (χ0v) is 20.8. The average molecular weight is 530 g/mol. The van der Waals surface area contributed by atoms with Crippen LogP contribution in [-0.2, 0) is 6.54 Å². The number of benzene rings is 1. The van der Waals surface area contributed by atoms with E-state index in [-0.39, 0.29) is 28.7 Å². The van der Waals surface area contributed by atoms with Gasteiger partial charge in [-0.05, 0) is 43.7 Å². The Morgan fingerprint density at radius 2 is 1.86 bits per heavy atom. The second-order valence-corrected chi connectivity index (χ2v) is 8.91. The third kappa shape index (κ3) is 9.12. The molecule has 0 bridgehead atoms. The molecule has 3 N–H and O–H groups in total. The zero-order chi connectivity index (χ0) is 20.6. The van der Waals surface area contributed by atoms with Crippen LogP contribution in [0.3, 0.4) is 0 Å². The molecule has 0 aliphatic rings. The van der Waals surface area contributed by atoms with E-state index < -0.39 is 0 Å². The van der Waals surface area contributed by atoms with Crippen molar-refractivity contribution in [1.29, 1.82) is 0 Å². The van der Waals surface area contributed by atoms with Gasteiger partial charge in [0.15, 0.2) is 5.96 Å². The van der Waals surface area contributed by atoms with Crippen LogP contribution in [0.15, 0.2) is 46.5 Å². The van der Waals surface area contributed by atoms with Crippen LogP contribution in [0.1, 0.15) is 40.2 Å². The van der Waals surface area contributed by atoms with Crippen LogP contribution in [-0.4, -0.2) is 28.9 Å². The molecule has 0 saturated heterocycles. The van der Waals surface area contributed by atoms with Crippen LogP contribution in [0.2, 0.25) is 0 Å². The number of hydrogen-bond donors (Lipinski definition) is 2. The van der Waals surface area contributed by atoms with Gasteiger partial charge in [-0.15, -0.1) is 35.7 Å². The monoisotopic (exact) mass is 530 g/mol. The molecule has 1 heterocycles. The van der Waals surface area contributed by atoms with Crippen LogP contribution < -0.4 is 20.5 Å². The molecule has 29 heavy (non-hydrogen) atoms. The lowest BCUT2D eigenvalue weighted by molar-refractivity contribution is 0.332. The SMILES string of the molecule is CCOc1ccc(OCC)c(NC(N)=NCc2ccnc(SC(C)(C)C)c2)c1.I. The Kier molecular flexibility index (Phi) is 10.6. The van der Waals surface area contributed by atoms with E-state index in [1.807, 2.05) is 44.2 Å². The highest BCUT2D eigenvalue weighted by atomic mass is 127. The van der Waals surface area contributed by atoms with E-state index in [1.165, 1.54) is 0 Å². The van der Waals surface area contributed by atoms with Crippen LogP contribution in [0, 0.1) is 0 Å². The Bertz CT molecular complexity index is 810. The van der Waals surface area contributed by atoms with E-state index in [9.17, 15) is 0 Å². The van der Waals surface area contributed by atoms with Gasteiger partial charge in [-0.25, -0.2) is 9.98 Å². The molecule has 8 heteroatoms. The first-order valence-electron chi connectivity index (χ1n) is 9.41. The Balaban J connectivity index is 0.00000420. The number of nitrogens with two attached hydrogens (primary N) is 1. The number of aliphatic imine (C=N–C) groups is 1. The summed E-state index contributed by atoms with van der Waals surface area (Å²) in [6.45, 7) is 12.0. The lowest BCUT2D eigenvalue weighted by Crippen LogP contribution is -2.23. The summed E-state index contributed by atoms with van der Waals surface area (Å²) in [5.74, 6) is 1.77. The van der Waals surface area contributed by atoms with E-state index in [1.54, 1.807) is 18.0 Å². The number of rotatable bonds is 8. The highest BCUT2D eigenvalue weighted by molar-refractivity contribution is 14.0. The molecule has 0 radical (unpaired) electrons. The number of nitrogens with one attached hydrogen (secondary N) is 1. The van der Waals surface area contributed by atoms with Crippen molar-refractivity contribution in [3.8, 4) is 11.5 Å². The largest absolute Gasteiger partial charge is 0.494 e. The predicted molar refractivity (Wildman–Crippen MR) is 133 cm³/mol. The molecule has 0 aliphatic heterocycles. The molecule has 2 aromatic rings. The molecule has 0 amide bonds. The number of halogens is 1. The minimum atomic E-state index is 0. The van der Waals surface area contributed by atoms with Crippen LogP contribution >= 0.6 is 35.7 Å². The van der Waals surface area contributed by atoms with Crippen molar-refractivity contribution >= 4 is 47.4 Å². The number of guanidine groups is 1. The smallest absolute Gasteiger partial charge is 0.193 e. The summed E-state index contributed by atoms with van der Waals surface area (Å²) in [7, 11) is 0. The van der Waals surface area contributed by atoms with Gasteiger partial charge in [-0.1, -0.05) is 20.8 Å². The molecule has 0 fully saturated rings. The number of thioether (sulfide) groups is 1. The summed E-state index contributed by atoms with van der Waals surface area (Å²) in [6.07, 6.45) is 1.81. The van der Waals surface area contributed by atoms with Crippen molar-refractivity contribution < 1.29 is 9.47 Å². The molecule has 1 aromatic heterocycles. The quantitative estimate of drug-likeness (QED) is 0.208. The van der Waals surface area contributed by atoms with E-state index in [0.29, 0.717) is 31.5 Å². The summed E-state index contributed by atoms with van der Waals surface area (Å²) in [5, 5.41) is 4.10. The van der Waals surface area contributed by atoms with E-state index in [2.05, 4.69) is 36.1 Å². The second-order valence-electron chi connectivity index (χ2n) is 7.07. The van der Waals surface area contributed by atoms with Gasteiger partial charge < -0.3 is 20.5 Å². The summed E-state index contributed by atoms with van der Waals surface area (Å²) < 4.78 is 11.3. The topological polar surface area (TPSA) is 81.8 Å². The standard InChI is InChI=1S/C21H30N4O2S.HI/c1-6-26-16-8-9-18(27-7-2)17(13-16)25-20(22)24-14-15-10-11-23-19(12-15)28-21(3,4)5;/h8-13H,6-7,14H2,1-5H3,(H3,22,24,25);1H. The minimum Gasteiger partial charge on any atom is -0.494 e. The Morgan fingerprint density at radius 3 is 2.52 bits per heavy atom. The molecular formula is C21H31IN4O2S. The first-order valence-corrected chi connectivity index (χ1v) is 10.2. The van der Waals surface area contributed by atoms with Gasteiger partial charge in [0.1, 0.15) is 11.5 Å². The number of pyridine rings is 1. The molecule has 160 valence electrons. The van der Waals surface area contributed by atoms with Gasteiger partial charge in [0.05, 0.1) is 30.5 Å². The van der Waals surface area contributed by atoms with Gasteiger partial charge >= 0.3 is 0 Å². The summed E-state index contributed by atoms with van der Waals surface area (Å²) in [6, 6.07) is 9.60. The Morgan fingerprint density at radius 1 is 1.14 bits per heavy atom.